The highest BCUT2D eigenvalue weighted by Gasteiger charge is 2.20. The van der Waals surface area contributed by atoms with E-state index in [2.05, 4.69) is 0 Å². The lowest BCUT2D eigenvalue weighted by Crippen LogP contribution is -1.90. The normalized spacial score (nSPS) is 10.9. The number of aryl methyl sites for hydroxylation is 1. The molecule has 2 nitrogen and oxygen atoms in total. The molecule has 0 saturated heterocycles. The second-order valence-corrected chi connectivity index (χ2v) is 4.66. The van der Waals surface area contributed by atoms with E-state index in [0.717, 1.165) is 5.56 Å². The van der Waals surface area contributed by atoms with Crippen molar-refractivity contribution >= 4 is 17.2 Å². The summed E-state index contributed by atoms with van der Waals surface area (Å²) in [6.45, 7) is 1.91. The summed E-state index contributed by atoms with van der Waals surface area (Å²) in [5.74, 6) is -0.602. The number of benzene rings is 2. The van der Waals surface area contributed by atoms with Gasteiger partial charge in [0.05, 0.1) is 16.8 Å². The molecule has 20 heavy (non-hydrogen) atoms. The Hall–Kier alpha value is -2.49. The van der Waals surface area contributed by atoms with Crippen LogP contribution < -0.4 is 0 Å². The van der Waals surface area contributed by atoms with Crippen molar-refractivity contribution in [2.24, 2.45) is 0 Å². The van der Waals surface area contributed by atoms with Gasteiger partial charge in [-0.25, -0.2) is 4.39 Å². The fourth-order valence-electron chi connectivity index (χ4n) is 2.38. The topological polar surface area (TPSA) is 22.0 Å². The molecular weight excluding hydrogens is 260 g/mol. The fourth-order valence-corrected chi connectivity index (χ4v) is 2.38. The van der Waals surface area contributed by atoms with Crippen LogP contribution in [0.25, 0.3) is 22.2 Å². The molecule has 100 valence electrons. The van der Waals surface area contributed by atoms with Crippen LogP contribution in [0.4, 0.5) is 8.87 Å². The molecule has 1 heterocycles. The quantitative estimate of drug-likeness (QED) is 0.637. The number of hydrogen-bond donors (Lipinski definition) is 0. The lowest BCUT2D eigenvalue weighted by Gasteiger charge is -2.02. The average molecular weight is 271 g/mol. The molecule has 0 aliphatic heterocycles. The molecule has 0 aliphatic carbocycles. The van der Waals surface area contributed by atoms with Crippen LogP contribution in [0.1, 0.15) is 15.9 Å². The third-order valence-corrected chi connectivity index (χ3v) is 3.37. The van der Waals surface area contributed by atoms with E-state index in [1.165, 1.54) is 18.2 Å². The van der Waals surface area contributed by atoms with Crippen LogP contribution in [0.2, 0.25) is 0 Å². The highest BCUT2D eigenvalue weighted by atomic mass is 19.2. The van der Waals surface area contributed by atoms with Crippen molar-refractivity contribution in [3.05, 3.63) is 59.4 Å². The van der Waals surface area contributed by atoms with Crippen LogP contribution in [0, 0.1) is 12.7 Å². The minimum atomic E-state index is -0.602. The third-order valence-electron chi connectivity index (χ3n) is 3.37. The second-order valence-electron chi connectivity index (χ2n) is 4.66. The smallest absolute Gasteiger partial charge is 0.153 e. The van der Waals surface area contributed by atoms with Gasteiger partial charge in [0, 0.05) is 10.9 Å². The molecule has 0 saturated carbocycles. The number of aromatic nitrogens is 1. The standard InChI is InChI=1S/C16H11F2NO/c1-10-5-7-11(8-6-10)16-12(9-20)15-13(17)3-2-4-14(15)19(16)18/h2-9H,1H3. The van der Waals surface area contributed by atoms with Gasteiger partial charge >= 0.3 is 0 Å². The molecule has 0 unspecified atom stereocenters. The Balaban J connectivity index is 2.41. The summed E-state index contributed by atoms with van der Waals surface area (Å²) < 4.78 is 28.3. The van der Waals surface area contributed by atoms with Crippen LogP contribution in [0.3, 0.4) is 0 Å². The van der Waals surface area contributed by atoms with Crippen LogP contribution in [0.5, 0.6) is 0 Å². The predicted octanol–water partition coefficient (Wildman–Crippen LogP) is 4.30. The Morgan fingerprint density at radius 3 is 2.45 bits per heavy atom. The van der Waals surface area contributed by atoms with Crippen molar-refractivity contribution in [3.8, 4) is 11.3 Å². The molecule has 0 atom stereocenters. The Kier molecular flexibility index (Phi) is 2.86. The number of halogens is 2. The highest BCUT2D eigenvalue weighted by Crippen LogP contribution is 2.34. The average Bonchev–Trinajstić information content (AvgIpc) is 2.74. The van der Waals surface area contributed by atoms with Gasteiger partial charge in [0.1, 0.15) is 5.82 Å². The van der Waals surface area contributed by atoms with E-state index in [4.69, 9.17) is 0 Å². The zero-order valence-electron chi connectivity index (χ0n) is 10.7. The number of fused-ring (bicyclic) bond motifs is 1. The summed E-state index contributed by atoms with van der Waals surface area (Å²) in [7, 11) is 0. The van der Waals surface area contributed by atoms with Gasteiger partial charge in [0.25, 0.3) is 0 Å². The maximum Gasteiger partial charge on any atom is 0.153 e. The van der Waals surface area contributed by atoms with E-state index >= 15 is 0 Å². The Bertz CT molecular complexity index is 803. The van der Waals surface area contributed by atoms with Crippen molar-refractivity contribution in [2.45, 2.75) is 6.92 Å². The maximum atomic E-state index is 14.4. The van der Waals surface area contributed by atoms with Crippen LogP contribution in [0.15, 0.2) is 42.5 Å². The molecule has 0 bridgehead atoms. The van der Waals surface area contributed by atoms with Gasteiger partial charge in [0.15, 0.2) is 6.29 Å². The molecule has 3 aromatic rings. The number of hydrogen-bond acceptors (Lipinski definition) is 1. The molecule has 2 aromatic carbocycles. The van der Waals surface area contributed by atoms with Gasteiger partial charge in [-0.15, -0.1) is 0 Å². The zero-order valence-corrected chi connectivity index (χ0v) is 10.7. The molecule has 0 aliphatic rings. The third kappa shape index (κ3) is 1.72. The molecule has 4 heteroatoms. The van der Waals surface area contributed by atoms with Crippen LogP contribution in [-0.2, 0) is 0 Å². The molecular formula is C16H11F2NO. The lowest BCUT2D eigenvalue weighted by molar-refractivity contribution is 0.112. The van der Waals surface area contributed by atoms with E-state index in [0.29, 0.717) is 16.6 Å². The Labute approximate surface area is 114 Å². The van der Waals surface area contributed by atoms with E-state index in [1.807, 2.05) is 19.1 Å². The van der Waals surface area contributed by atoms with Crippen molar-refractivity contribution in [2.75, 3.05) is 0 Å². The van der Waals surface area contributed by atoms with Gasteiger partial charge in [-0.05, 0) is 19.1 Å². The Morgan fingerprint density at radius 1 is 1.10 bits per heavy atom. The van der Waals surface area contributed by atoms with Crippen molar-refractivity contribution < 1.29 is 13.7 Å². The summed E-state index contributed by atoms with van der Waals surface area (Å²) in [4.78, 5) is 11.7. The summed E-state index contributed by atoms with van der Waals surface area (Å²) in [6, 6.07) is 11.1. The first-order chi connectivity index (χ1) is 9.63. The summed E-state index contributed by atoms with van der Waals surface area (Å²) in [5.41, 5.74) is 1.73. The predicted molar refractivity (Wildman–Crippen MR) is 74.0 cm³/mol. The largest absolute Gasteiger partial charge is 0.298 e. The second kappa shape index (κ2) is 4.56. The molecule has 0 spiro atoms. The first-order valence-corrected chi connectivity index (χ1v) is 6.14. The monoisotopic (exact) mass is 271 g/mol. The summed E-state index contributed by atoms with van der Waals surface area (Å²) in [6.07, 6.45) is 0.497. The summed E-state index contributed by atoms with van der Waals surface area (Å²) in [5, 5.41) is 0.0144. The number of carbonyl (C=O) groups is 1. The molecule has 0 amide bonds. The van der Waals surface area contributed by atoms with Crippen molar-refractivity contribution in [3.63, 3.8) is 0 Å². The van der Waals surface area contributed by atoms with E-state index in [-0.39, 0.29) is 22.2 Å². The molecule has 0 N–H and O–H groups in total. The van der Waals surface area contributed by atoms with Gasteiger partial charge in [-0.2, -0.15) is 4.79 Å². The van der Waals surface area contributed by atoms with Crippen molar-refractivity contribution in [1.29, 1.82) is 0 Å². The maximum absolute atomic E-state index is 14.4. The minimum Gasteiger partial charge on any atom is -0.298 e. The number of rotatable bonds is 2. The Morgan fingerprint density at radius 2 is 1.80 bits per heavy atom. The SMILES string of the molecule is Cc1ccc(-c2c(C=O)c3c(F)cccc3n2F)cc1. The van der Waals surface area contributed by atoms with Crippen LogP contribution in [-0.4, -0.2) is 11.1 Å². The molecule has 0 radical (unpaired) electrons. The molecule has 3 rings (SSSR count). The van der Waals surface area contributed by atoms with Gasteiger partial charge < -0.3 is 0 Å². The number of aldehydes is 1. The zero-order chi connectivity index (χ0) is 14.3. The lowest BCUT2D eigenvalue weighted by atomic mass is 10.0. The number of nitrogens with zero attached hydrogens (tertiary/aromatic N) is 1. The summed E-state index contributed by atoms with van der Waals surface area (Å²) >= 11 is 0. The first kappa shape index (κ1) is 12.5. The fraction of sp³-hybridized carbons (Fsp3) is 0.0625. The van der Waals surface area contributed by atoms with Gasteiger partial charge in [0.2, 0.25) is 0 Å². The van der Waals surface area contributed by atoms with Crippen LogP contribution >= 0.6 is 0 Å². The minimum absolute atomic E-state index is 0.0144. The van der Waals surface area contributed by atoms with Crippen molar-refractivity contribution in [1.82, 2.24) is 4.79 Å². The first-order valence-electron chi connectivity index (χ1n) is 6.14. The van der Waals surface area contributed by atoms with Gasteiger partial charge in [-0.1, -0.05) is 40.4 Å². The van der Waals surface area contributed by atoms with E-state index in [1.54, 1.807) is 12.1 Å². The molecule has 0 fully saturated rings. The molecule has 1 aromatic heterocycles. The highest BCUT2D eigenvalue weighted by molar-refractivity contribution is 6.05. The van der Waals surface area contributed by atoms with Gasteiger partial charge in [-0.3, -0.25) is 4.79 Å². The van der Waals surface area contributed by atoms with E-state index in [9.17, 15) is 13.7 Å². The van der Waals surface area contributed by atoms with E-state index < -0.39 is 5.82 Å². The number of carbonyl (C=O) groups excluding carboxylic acids is 1.